The van der Waals surface area contributed by atoms with E-state index in [2.05, 4.69) is 10.1 Å². The van der Waals surface area contributed by atoms with Crippen molar-refractivity contribution in [1.29, 1.82) is 0 Å². The van der Waals surface area contributed by atoms with Gasteiger partial charge in [-0.3, -0.25) is 24.6 Å². The van der Waals surface area contributed by atoms with E-state index in [-0.39, 0.29) is 35.1 Å². The van der Waals surface area contributed by atoms with E-state index in [4.69, 9.17) is 16.1 Å². The lowest BCUT2D eigenvalue weighted by atomic mass is 10.1. The molecular weight excluding hydrogens is 376 g/mol. The van der Waals surface area contributed by atoms with Crippen molar-refractivity contribution in [2.24, 2.45) is 0 Å². The van der Waals surface area contributed by atoms with Crippen molar-refractivity contribution < 1.29 is 19.0 Å². The fourth-order valence-corrected chi connectivity index (χ4v) is 2.96. The van der Waals surface area contributed by atoms with E-state index in [0.29, 0.717) is 10.6 Å². The molecule has 2 heterocycles. The van der Waals surface area contributed by atoms with Crippen LogP contribution in [-0.4, -0.2) is 31.8 Å². The van der Waals surface area contributed by atoms with Crippen molar-refractivity contribution in [2.75, 3.05) is 0 Å². The Bertz CT molecular complexity index is 1110. The summed E-state index contributed by atoms with van der Waals surface area (Å²) >= 11 is 6.09. The molecule has 0 aliphatic carbocycles. The van der Waals surface area contributed by atoms with Crippen LogP contribution in [0.2, 0.25) is 5.02 Å². The van der Waals surface area contributed by atoms with Gasteiger partial charge in [0.1, 0.15) is 6.54 Å². The van der Waals surface area contributed by atoms with Crippen molar-refractivity contribution in [3.63, 3.8) is 0 Å². The van der Waals surface area contributed by atoms with Crippen LogP contribution in [0.1, 0.15) is 26.6 Å². The number of rotatable bonds is 4. The summed E-state index contributed by atoms with van der Waals surface area (Å²) in [4.78, 5) is 40.3. The minimum Gasteiger partial charge on any atom is -0.337 e. The van der Waals surface area contributed by atoms with E-state index >= 15 is 0 Å². The molecule has 27 heavy (non-hydrogen) atoms. The lowest BCUT2D eigenvalue weighted by Crippen LogP contribution is -2.29. The topological polar surface area (TPSA) is 119 Å². The molecule has 3 aromatic rings. The minimum atomic E-state index is -0.656. The summed E-state index contributed by atoms with van der Waals surface area (Å²) in [5, 5.41) is 15.1. The van der Waals surface area contributed by atoms with Crippen LogP contribution in [0.4, 0.5) is 5.69 Å². The van der Waals surface area contributed by atoms with Crippen molar-refractivity contribution in [3.05, 3.63) is 74.6 Å². The molecule has 0 unspecified atom stereocenters. The molecule has 1 aliphatic heterocycles. The molecule has 4 rings (SSSR count). The molecule has 0 bridgehead atoms. The van der Waals surface area contributed by atoms with Gasteiger partial charge in [0.15, 0.2) is 0 Å². The number of nitro benzene ring substituents is 1. The number of nitro groups is 1. The summed E-state index contributed by atoms with van der Waals surface area (Å²) < 4.78 is 5.12. The first-order chi connectivity index (χ1) is 13.0. The van der Waals surface area contributed by atoms with Gasteiger partial charge in [0, 0.05) is 17.7 Å². The Hall–Kier alpha value is -3.59. The van der Waals surface area contributed by atoms with Crippen LogP contribution in [0, 0.1) is 10.1 Å². The van der Waals surface area contributed by atoms with E-state index in [1.807, 2.05) is 0 Å². The second kappa shape index (κ2) is 6.29. The first-order valence-corrected chi connectivity index (χ1v) is 8.05. The molecule has 10 heteroatoms. The van der Waals surface area contributed by atoms with Crippen LogP contribution in [0.3, 0.4) is 0 Å². The summed E-state index contributed by atoms with van der Waals surface area (Å²) in [6.45, 7) is -0.252. The van der Waals surface area contributed by atoms with Gasteiger partial charge < -0.3 is 4.52 Å². The number of carbonyl (C=O) groups excluding carboxylic acids is 2. The third kappa shape index (κ3) is 2.83. The maximum atomic E-state index is 12.5. The molecule has 9 nitrogen and oxygen atoms in total. The number of aromatic nitrogens is 2. The maximum absolute atomic E-state index is 12.5. The van der Waals surface area contributed by atoms with Gasteiger partial charge in [-0.05, 0) is 18.2 Å². The maximum Gasteiger partial charge on any atom is 0.270 e. The zero-order chi connectivity index (χ0) is 19.1. The van der Waals surface area contributed by atoms with Crippen LogP contribution >= 0.6 is 11.6 Å². The normalized spacial score (nSPS) is 13.1. The SMILES string of the molecule is O=C1c2ccc([N+](=O)[O-])cc2C(=O)N1Cc1nc(-c2ccccc2Cl)no1. The molecule has 0 spiro atoms. The Kier molecular flexibility index (Phi) is 3.93. The Morgan fingerprint density at radius 1 is 1.07 bits per heavy atom. The number of hydrogen-bond acceptors (Lipinski definition) is 7. The summed E-state index contributed by atoms with van der Waals surface area (Å²) in [6, 6.07) is 10.4. The number of fused-ring (bicyclic) bond motifs is 1. The molecule has 0 atom stereocenters. The second-order valence-corrected chi connectivity index (χ2v) is 6.08. The van der Waals surface area contributed by atoms with Gasteiger partial charge in [0.25, 0.3) is 17.5 Å². The predicted molar refractivity (Wildman–Crippen MR) is 92.0 cm³/mol. The zero-order valence-electron chi connectivity index (χ0n) is 13.5. The Balaban J connectivity index is 1.61. The number of non-ortho nitro benzene ring substituents is 1. The molecule has 2 aromatic carbocycles. The van der Waals surface area contributed by atoms with Gasteiger partial charge in [0.05, 0.1) is 21.1 Å². The van der Waals surface area contributed by atoms with Gasteiger partial charge >= 0.3 is 0 Å². The third-order valence-corrected chi connectivity index (χ3v) is 4.37. The fraction of sp³-hybridized carbons (Fsp3) is 0.0588. The first kappa shape index (κ1) is 16.9. The lowest BCUT2D eigenvalue weighted by molar-refractivity contribution is -0.384. The summed E-state index contributed by atoms with van der Waals surface area (Å²) in [5.41, 5.74) is 0.346. The molecule has 1 aliphatic rings. The smallest absolute Gasteiger partial charge is 0.270 e. The molecule has 0 saturated carbocycles. The molecule has 0 N–H and O–H groups in total. The monoisotopic (exact) mass is 384 g/mol. The molecular formula is C17H9ClN4O5. The fourth-order valence-electron chi connectivity index (χ4n) is 2.74. The summed E-state index contributed by atoms with van der Waals surface area (Å²) in [6.07, 6.45) is 0. The van der Waals surface area contributed by atoms with Crippen molar-refractivity contribution >= 4 is 29.1 Å². The highest BCUT2D eigenvalue weighted by Crippen LogP contribution is 2.29. The number of imide groups is 1. The highest BCUT2D eigenvalue weighted by atomic mass is 35.5. The highest BCUT2D eigenvalue weighted by molar-refractivity contribution is 6.33. The molecule has 134 valence electrons. The van der Waals surface area contributed by atoms with Gasteiger partial charge in [-0.1, -0.05) is 28.9 Å². The summed E-state index contributed by atoms with van der Waals surface area (Å²) in [5.74, 6) is -0.977. The van der Waals surface area contributed by atoms with Crippen molar-refractivity contribution in [2.45, 2.75) is 6.54 Å². The van der Waals surface area contributed by atoms with Crippen molar-refractivity contribution in [3.8, 4) is 11.4 Å². The van der Waals surface area contributed by atoms with Crippen molar-refractivity contribution in [1.82, 2.24) is 15.0 Å². The number of halogens is 1. The van der Waals surface area contributed by atoms with Crippen LogP contribution in [0.5, 0.6) is 0 Å². The van der Waals surface area contributed by atoms with E-state index in [9.17, 15) is 19.7 Å². The van der Waals surface area contributed by atoms with Gasteiger partial charge in [-0.25, -0.2) is 0 Å². The standard InChI is InChI=1S/C17H9ClN4O5/c18-13-4-2-1-3-11(13)15-19-14(27-20-15)8-21-16(23)10-6-5-9(22(25)26)7-12(10)17(21)24/h1-7H,8H2. The minimum absolute atomic E-state index is 0.0277. The number of carbonyl (C=O) groups is 2. The predicted octanol–water partition coefficient (Wildman–Crippen LogP) is 3.09. The van der Waals surface area contributed by atoms with Crippen LogP contribution in [-0.2, 0) is 6.54 Å². The molecule has 0 saturated heterocycles. The van der Waals surface area contributed by atoms with Gasteiger partial charge in [-0.2, -0.15) is 4.98 Å². The second-order valence-electron chi connectivity index (χ2n) is 5.68. The van der Waals surface area contributed by atoms with Crippen LogP contribution < -0.4 is 0 Å². The Morgan fingerprint density at radius 2 is 1.81 bits per heavy atom. The number of amides is 2. The van der Waals surface area contributed by atoms with Gasteiger partial charge in [0.2, 0.25) is 11.7 Å². The first-order valence-electron chi connectivity index (χ1n) is 7.68. The lowest BCUT2D eigenvalue weighted by Gasteiger charge is -2.09. The highest BCUT2D eigenvalue weighted by Gasteiger charge is 2.37. The Morgan fingerprint density at radius 3 is 2.56 bits per heavy atom. The number of benzene rings is 2. The van der Waals surface area contributed by atoms with E-state index in [1.165, 1.54) is 12.1 Å². The molecule has 1 aromatic heterocycles. The average molecular weight is 385 g/mol. The summed E-state index contributed by atoms with van der Waals surface area (Å²) in [7, 11) is 0. The van der Waals surface area contributed by atoms with E-state index in [1.54, 1.807) is 24.3 Å². The molecule has 0 radical (unpaired) electrons. The quantitative estimate of drug-likeness (QED) is 0.385. The van der Waals surface area contributed by atoms with Crippen LogP contribution in [0.15, 0.2) is 47.0 Å². The molecule has 2 amide bonds. The Labute approximate surface area is 156 Å². The van der Waals surface area contributed by atoms with E-state index in [0.717, 1.165) is 11.0 Å². The third-order valence-electron chi connectivity index (χ3n) is 4.04. The van der Waals surface area contributed by atoms with Crippen LogP contribution in [0.25, 0.3) is 11.4 Å². The average Bonchev–Trinajstić information content (AvgIpc) is 3.21. The number of hydrogen-bond donors (Lipinski definition) is 0. The largest absolute Gasteiger partial charge is 0.337 e. The van der Waals surface area contributed by atoms with E-state index < -0.39 is 16.7 Å². The molecule has 0 fully saturated rings. The van der Waals surface area contributed by atoms with Gasteiger partial charge in [-0.15, -0.1) is 0 Å². The zero-order valence-corrected chi connectivity index (χ0v) is 14.2. The number of nitrogens with zero attached hydrogens (tertiary/aromatic N) is 4.